The minimum Gasteiger partial charge on any atom is -0.292 e. The molecule has 1 fully saturated rings. The minimum atomic E-state index is -0.607. The summed E-state index contributed by atoms with van der Waals surface area (Å²) in [5.41, 5.74) is 0.337. The largest absolute Gasteiger partial charge is 0.292 e. The Hall–Kier alpha value is -2.21. The first-order valence-electron chi connectivity index (χ1n) is 4.96. The number of halogens is 1. The Bertz CT molecular complexity index is 595. The van der Waals surface area contributed by atoms with E-state index >= 15 is 0 Å². The first-order valence-corrected chi connectivity index (χ1v) is 5.34. The maximum Gasteiger partial charge on any atom is 0.288 e. The molecule has 92 valence electrons. The van der Waals surface area contributed by atoms with Crippen molar-refractivity contribution in [1.82, 2.24) is 5.32 Å². The predicted molar refractivity (Wildman–Crippen MR) is 63.9 cm³/mol. The van der Waals surface area contributed by atoms with E-state index in [-0.39, 0.29) is 22.7 Å². The molecule has 1 heterocycles. The van der Waals surface area contributed by atoms with Crippen molar-refractivity contribution >= 4 is 35.2 Å². The number of nitrogens with one attached hydrogen (secondary N) is 1. The average molecular weight is 267 g/mol. The zero-order valence-corrected chi connectivity index (χ0v) is 9.73. The molecule has 0 aromatic heterocycles. The van der Waals surface area contributed by atoms with Gasteiger partial charge in [-0.05, 0) is 6.08 Å². The topological polar surface area (TPSA) is 89.3 Å². The number of carbonyl (C=O) groups excluding carboxylic acids is 2. The van der Waals surface area contributed by atoms with E-state index in [9.17, 15) is 19.7 Å². The number of benzene rings is 1. The molecule has 0 saturated carbocycles. The zero-order chi connectivity index (χ0) is 13.3. The molecule has 0 spiro atoms. The van der Waals surface area contributed by atoms with Crippen molar-refractivity contribution in [3.63, 3.8) is 0 Å². The highest BCUT2D eigenvalue weighted by atomic mass is 35.5. The van der Waals surface area contributed by atoms with Crippen LogP contribution in [0.15, 0.2) is 23.8 Å². The van der Waals surface area contributed by atoms with Gasteiger partial charge in [0, 0.05) is 17.2 Å². The van der Waals surface area contributed by atoms with Gasteiger partial charge in [-0.15, -0.1) is 0 Å². The number of nitro groups is 1. The van der Waals surface area contributed by atoms with Crippen LogP contribution < -0.4 is 5.32 Å². The second-order valence-electron chi connectivity index (χ2n) is 3.66. The molecule has 1 aliphatic rings. The smallest absolute Gasteiger partial charge is 0.288 e. The van der Waals surface area contributed by atoms with Gasteiger partial charge in [-0.25, -0.2) is 0 Å². The fourth-order valence-corrected chi connectivity index (χ4v) is 1.85. The van der Waals surface area contributed by atoms with Gasteiger partial charge in [0.15, 0.2) is 0 Å². The molecular weight excluding hydrogens is 260 g/mol. The second kappa shape index (κ2) is 4.58. The summed E-state index contributed by atoms with van der Waals surface area (Å²) in [7, 11) is 0. The molecule has 7 heteroatoms. The van der Waals surface area contributed by atoms with Crippen LogP contribution in [-0.4, -0.2) is 16.7 Å². The van der Waals surface area contributed by atoms with Gasteiger partial charge in [-0.3, -0.25) is 25.0 Å². The minimum absolute atomic E-state index is 0.0438. The lowest BCUT2D eigenvalue weighted by Gasteiger charge is -2.00. The van der Waals surface area contributed by atoms with Gasteiger partial charge >= 0.3 is 0 Å². The van der Waals surface area contributed by atoms with Gasteiger partial charge in [-0.1, -0.05) is 23.7 Å². The number of nitro benzene ring substituents is 1. The van der Waals surface area contributed by atoms with Crippen molar-refractivity contribution < 1.29 is 14.5 Å². The third-order valence-electron chi connectivity index (χ3n) is 2.43. The Kier molecular flexibility index (Phi) is 3.12. The number of nitrogens with zero attached hydrogens (tertiary/aromatic N) is 1. The monoisotopic (exact) mass is 266 g/mol. The summed E-state index contributed by atoms with van der Waals surface area (Å²) < 4.78 is 0. The highest BCUT2D eigenvalue weighted by Crippen LogP contribution is 2.30. The molecule has 18 heavy (non-hydrogen) atoms. The van der Waals surface area contributed by atoms with E-state index in [1.165, 1.54) is 18.2 Å². The normalized spacial score (nSPS) is 17.1. The van der Waals surface area contributed by atoms with Crippen LogP contribution in [0, 0.1) is 10.1 Å². The summed E-state index contributed by atoms with van der Waals surface area (Å²) >= 11 is 5.86. The lowest BCUT2D eigenvalue weighted by molar-refractivity contribution is -0.384. The lowest BCUT2D eigenvalue weighted by Crippen LogP contribution is -2.19. The van der Waals surface area contributed by atoms with Gasteiger partial charge in [0.1, 0.15) is 5.02 Å². The van der Waals surface area contributed by atoms with E-state index in [2.05, 4.69) is 5.32 Å². The van der Waals surface area contributed by atoms with Crippen molar-refractivity contribution in [1.29, 1.82) is 0 Å². The van der Waals surface area contributed by atoms with Crippen molar-refractivity contribution in [2.75, 3.05) is 0 Å². The van der Waals surface area contributed by atoms with Crippen LogP contribution in [-0.2, 0) is 9.59 Å². The highest BCUT2D eigenvalue weighted by molar-refractivity contribution is 6.34. The Balaban J connectivity index is 2.44. The summed E-state index contributed by atoms with van der Waals surface area (Å²) in [6.45, 7) is 0. The Morgan fingerprint density at radius 2 is 2.11 bits per heavy atom. The number of rotatable bonds is 2. The van der Waals surface area contributed by atoms with Crippen LogP contribution in [0.3, 0.4) is 0 Å². The third kappa shape index (κ3) is 2.23. The van der Waals surface area contributed by atoms with Crippen molar-refractivity contribution in [2.24, 2.45) is 0 Å². The quantitative estimate of drug-likeness (QED) is 0.382. The summed E-state index contributed by atoms with van der Waals surface area (Å²) in [6.07, 6.45) is 1.34. The summed E-state index contributed by atoms with van der Waals surface area (Å²) in [5.74, 6) is -0.893. The number of imide groups is 1. The summed E-state index contributed by atoms with van der Waals surface area (Å²) in [5, 5.41) is 12.8. The first-order chi connectivity index (χ1) is 8.49. The Morgan fingerprint density at radius 3 is 2.67 bits per heavy atom. The van der Waals surface area contributed by atoms with E-state index in [1.54, 1.807) is 6.07 Å². The molecule has 6 nitrogen and oxygen atoms in total. The molecule has 2 amide bonds. The molecule has 2 rings (SSSR count). The second-order valence-corrected chi connectivity index (χ2v) is 4.04. The Morgan fingerprint density at radius 1 is 1.39 bits per heavy atom. The molecule has 1 aromatic carbocycles. The maximum absolute atomic E-state index is 11.3. The lowest BCUT2D eigenvalue weighted by atomic mass is 10.1. The zero-order valence-electron chi connectivity index (χ0n) is 8.97. The molecule has 0 unspecified atom stereocenters. The molecular formula is C11H7ClN2O4. The predicted octanol–water partition coefficient (Wildman–Crippen LogP) is 1.68. The van der Waals surface area contributed by atoms with Gasteiger partial charge < -0.3 is 0 Å². The Labute approximate surface area is 106 Å². The molecule has 0 aliphatic carbocycles. The van der Waals surface area contributed by atoms with Crippen LogP contribution in [0.1, 0.15) is 12.0 Å². The molecule has 0 atom stereocenters. The summed E-state index contributed by atoms with van der Waals surface area (Å²) in [6, 6.07) is 4.27. The van der Waals surface area contributed by atoms with E-state index in [1.807, 2.05) is 0 Å². The van der Waals surface area contributed by atoms with Crippen molar-refractivity contribution in [3.8, 4) is 0 Å². The SMILES string of the molecule is O=C1CC(=Cc2cccc([N+](=O)[O-])c2Cl)C(=O)N1. The van der Waals surface area contributed by atoms with Gasteiger partial charge in [0.25, 0.3) is 11.6 Å². The van der Waals surface area contributed by atoms with Crippen LogP contribution in [0.5, 0.6) is 0 Å². The number of amides is 2. The van der Waals surface area contributed by atoms with E-state index in [0.29, 0.717) is 5.56 Å². The number of hydrogen-bond donors (Lipinski definition) is 1. The summed E-state index contributed by atoms with van der Waals surface area (Å²) in [4.78, 5) is 32.4. The average Bonchev–Trinajstić information content (AvgIpc) is 2.60. The number of hydrogen-bond acceptors (Lipinski definition) is 4. The molecule has 1 aromatic rings. The fraction of sp³-hybridized carbons (Fsp3) is 0.0909. The van der Waals surface area contributed by atoms with Crippen LogP contribution in [0.4, 0.5) is 5.69 Å². The van der Waals surface area contributed by atoms with Gasteiger partial charge in [0.05, 0.1) is 11.3 Å². The fourth-order valence-electron chi connectivity index (χ4n) is 1.60. The molecule has 1 aliphatic heterocycles. The van der Waals surface area contributed by atoms with E-state index in [0.717, 1.165) is 0 Å². The van der Waals surface area contributed by atoms with E-state index in [4.69, 9.17) is 11.6 Å². The third-order valence-corrected chi connectivity index (χ3v) is 2.84. The molecule has 1 N–H and O–H groups in total. The van der Waals surface area contributed by atoms with Gasteiger partial charge in [-0.2, -0.15) is 0 Å². The van der Waals surface area contributed by atoms with Crippen LogP contribution in [0.25, 0.3) is 6.08 Å². The van der Waals surface area contributed by atoms with Crippen LogP contribution >= 0.6 is 11.6 Å². The van der Waals surface area contributed by atoms with Crippen molar-refractivity contribution in [3.05, 3.63) is 44.5 Å². The van der Waals surface area contributed by atoms with Crippen LogP contribution in [0.2, 0.25) is 5.02 Å². The first kappa shape index (κ1) is 12.3. The molecule has 1 saturated heterocycles. The number of carbonyl (C=O) groups is 2. The van der Waals surface area contributed by atoms with E-state index < -0.39 is 16.7 Å². The van der Waals surface area contributed by atoms with Crippen molar-refractivity contribution in [2.45, 2.75) is 6.42 Å². The molecule has 0 bridgehead atoms. The maximum atomic E-state index is 11.3. The highest BCUT2D eigenvalue weighted by Gasteiger charge is 2.24. The standard InChI is InChI=1S/C11H7ClN2O4/c12-10-6(2-1-3-8(10)14(17)18)4-7-5-9(15)13-11(7)16/h1-4H,5H2,(H,13,15,16). The van der Waals surface area contributed by atoms with Gasteiger partial charge in [0.2, 0.25) is 5.91 Å². The molecule has 0 radical (unpaired) electrons.